The van der Waals surface area contributed by atoms with E-state index in [0.717, 1.165) is 45.6 Å². The number of benzene rings is 1. The predicted octanol–water partition coefficient (Wildman–Crippen LogP) is 1.62. The summed E-state index contributed by atoms with van der Waals surface area (Å²) in [7, 11) is 0. The first-order valence-corrected chi connectivity index (χ1v) is 7.41. The molecule has 0 aliphatic carbocycles. The second-order valence-corrected chi connectivity index (χ2v) is 6.27. The molecule has 2 fully saturated rings. The smallest absolute Gasteiger partial charge is 0.0558 e. The lowest BCUT2D eigenvalue weighted by Crippen LogP contribution is -2.36. The summed E-state index contributed by atoms with van der Waals surface area (Å²) in [5.74, 6) is 0. The van der Waals surface area contributed by atoms with Crippen molar-refractivity contribution >= 4 is 0 Å². The van der Waals surface area contributed by atoms with Gasteiger partial charge in [-0.25, -0.2) is 0 Å². The fourth-order valence-electron chi connectivity index (χ4n) is 3.61. The van der Waals surface area contributed by atoms with E-state index in [2.05, 4.69) is 40.5 Å². The number of hydrogen-bond donors (Lipinski definition) is 2. The lowest BCUT2D eigenvalue weighted by atomic mass is 9.82. The number of aliphatic hydroxyl groups is 1. The summed E-state index contributed by atoms with van der Waals surface area (Å²) in [5.41, 5.74) is 1.69. The van der Waals surface area contributed by atoms with Crippen LogP contribution in [0.2, 0.25) is 0 Å². The van der Waals surface area contributed by atoms with E-state index in [4.69, 9.17) is 0 Å². The first-order valence-electron chi connectivity index (χ1n) is 7.41. The van der Waals surface area contributed by atoms with E-state index in [1.54, 1.807) is 0 Å². The number of rotatable bonds is 2. The Labute approximate surface area is 115 Å². The summed E-state index contributed by atoms with van der Waals surface area (Å²) in [5, 5.41) is 13.5. The van der Waals surface area contributed by atoms with Gasteiger partial charge in [-0.05, 0) is 43.3 Å². The molecule has 0 saturated carbocycles. The highest BCUT2D eigenvalue weighted by molar-refractivity contribution is 5.15. The van der Waals surface area contributed by atoms with Crippen LogP contribution < -0.4 is 5.32 Å². The third kappa shape index (κ3) is 3.16. The van der Waals surface area contributed by atoms with E-state index in [1.165, 1.54) is 12.0 Å². The Morgan fingerprint density at radius 2 is 2.16 bits per heavy atom. The van der Waals surface area contributed by atoms with Crippen LogP contribution in [0.1, 0.15) is 24.8 Å². The zero-order valence-corrected chi connectivity index (χ0v) is 11.5. The SMILES string of the molecule is OC1CCNCC2(CCN(Cc3ccccc3)C2)C1. The molecule has 3 rings (SSSR count). The summed E-state index contributed by atoms with van der Waals surface area (Å²) < 4.78 is 0. The molecule has 0 radical (unpaired) electrons. The fraction of sp³-hybridized carbons (Fsp3) is 0.625. The minimum atomic E-state index is -0.119. The quantitative estimate of drug-likeness (QED) is 0.848. The van der Waals surface area contributed by atoms with Crippen LogP contribution in [-0.4, -0.2) is 42.3 Å². The van der Waals surface area contributed by atoms with Gasteiger partial charge in [0.1, 0.15) is 0 Å². The van der Waals surface area contributed by atoms with Gasteiger partial charge in [0.05, 0.1) is 6.10 Å². The van der Waals surface area contributed by atoms with Gasteiger partial charge in [0.2, 0.25) is 0 Å². The van der Waals surface area contributed by atoms with Crippen LogP contribution in [0.25, 0.3) is 0 Å². The lowest BCUT2D eigenvalue weighted by Gasteiger charge is -2.29. The maximum atomic E-state index is 10.0. The molecule has 2 N–H and O–H groups in total. The third-order valence-corrected chi connectivity index (χ3v) is 4.59. The van der Waals surface area contributed by atoms with E-state index < -0.39 is 0 Å². The molecule has 0 bridgehead atoms. The van der Waals surface area contributed by atoms with Crippen molar-refractivity contribution in [3.8, 4) is 0 Å². The van der Waals surface area contributed by atoms with Crippen LogP contribution in [0.3, 0.4) is 0 Å². The first-order chi connectivity index (χ1) is 9.26. The molecule has 3 heteroatoms. The Bertz CT molecular complexity index is 408. The highest BCUT2D eigenvalue weighted by atomic mass is 16.3. The van der Waals surface area contributed by atoms with Gasteiger partial charge in [-0.1, -0.05) is 30.3 Å². The molecule has 1 spiro atoms. The number of likely N-dealkylation sites (tertiary alicyclic amines) is 1. The number of aliphatic hydroxyl groups excluding tert-OH is 1. The Morgan fingerprint density at radius 3 is 3.00 bits per heavy atom. The van der Waals surface area contributed by atoms with Crippen molar-refractivity contribution in [2.45, 2.75) is 31.9 Å². The predicted molar refractivity (Wildman–Crippen MR) is 76.9 cm³/mol. The van der Waals surface area contributed by atoms with E-state index in [-0.39, 0.29) is 6.10 Å². The summed E-state index contributed by atoms with van der Waals surface area (Å²) in [6, 6.07) is 10.7. The Balaban J connectivity index is 1.63. The van der Waals surface area contributed by atoms with Gasteiger partial charge in [0.15, 0.2) is 0 Å². The molecular formula is C16H24N2O. The van der Waals surface area contributed by atoms with Crippen molar-refractivity contribution in [3.63, 3.8) is 0 Å². The molecule has 1 aromatic rings. The van der Waals surface area contributed by atoms with Gasteiger partial charge in [-0.2, -0.15) is 0 Å². The molecule has 0 amide bonds. The molecule has 3 nitrogen and oxygen atoms in total. The molecule has 2 unspecified atom stereocenters. The van der Waals surface area contributed by atoms with Crippen molar-refractivity contribution < 1.29 is 5.11 Å². The van der Waals surface area contributed by atoms with Crippen molar-refractivity contribution in [2.24, 2.45) is 5.41 Å². The van der Waals surface area contributed by atoms with Gasteiger partial charge in [0, 0.05) is 19.6 Å². The molecule has 2 saturated heterocycles. The van der Waals surface area contributed by atoms with E-state index in [0.29, 0.717) is 5.41 Å². The van der Waals surface area contributed by atoms with Crippen molar-refractivity contribution in [2.75, 3.05) is 26.2 Å². The standard InChI is InChI=1S/C16H24N2O/c19-15-6-8-17-12-16(10-15)7-9-18(13-16)11-14-4-2-1-3-5-14/h1-5,15,17,19H,6-13H2. The van der Waals surface area contributed by atoms with Crippen LogP contribution in [0.4, 0.5) is 0 Å². The summed E-state index contributed by atoms with van der Waals surface area (Å²) in [6.45, 7) is 5.34. The Kier molecular flexibility index (Phi) is 3.87. The molecule has 0 aromatic heterocycles. The summed E-state index contributed by atoms with van der Waals surface area (Å²) >= 11 is 0. The van der Waals surface area contributed by atoms with Gasteiger partial charge >= 0.3 is 0 Å². The zero-order valence-electron chi connectivity index (χ0n) is 11.5. The zero-order chi connectivity index (χ0) is 13.1. The van der Waals surface area contributed by atoms with Crippen LogP contribution in [-0.2, 0) is 6.54 Å². The molecule has 1 aromatic carbocycles. The van der Waals surface area contributed by atoms with Gasteiger partial charge in [0.25, 0.3) is 0 Å². The highest BCUT2D eigenvalue weighted by Gasteiger charge is 2.40. The maximum absolute atomic E-state index is 10.0. The summed E-state index contributed by atoms with van der Waals surface area (Å²) in [4.78, 5) is 2.54. The van der Waals surface area contributed by atoms with Gasteiger partial charge in [-0.3, -0.25) is 4.90 Å². The van der Waals surface area contributed by atoms with Crippen LogP contribution >= 0.6 is 0 Å². The van der Waals surface area contributed by atoms with Crippen LogP contribution in [0.15, 0.2) is 30.3 Å². The first kappa shape index (κ1) is 13.1. The monoisotopic (exact) mass is 260 g/mol. The minimum Gasteiger partial charge on any atom is -0.393 e. The summed E-state index contributed by atoms with van der Waals surface area (Å²) in [6.07, 6.45) is 2.96. The average molecular weight is 260 g/mol. The molecular weight excluding hydrogens is 236 g/mol. The molecule has 2 heterocycles. The molecule has 19 heavy (non-hydrogen) atoms. The fourth-order valence-corrected chi connectivity index (χ4v) is 3.61. The lowest BCUT2D eigenvalue weighted by molar-refractivity contribution is 0.109. The van der Waals surface area contributed by atoms with Gasteiger partial charge in [-0.15, -0.1) is 0 Å². The van der Waals surface area contributed by atoms with E-state index in [1.807, 2.05) is 0 Å². The van der Waals surface area contributed by atoms with Crippen LogP contribution in [0, 0.1) is 5.41 Å². The highest BCUT2D eigenvalue weighted by Crippen LogP contribution is 2.36. The maximum Gasteiger partial charge on any atom is 0.0558 e. The van der Waals surface area contributed by atoms with Crippen molar-refractivity contribution in [1.82, 2.24) is 10.2 Å². The topological polar surface area (TPSA) is 35.5 Å². The van der Waals surface area contributed by atoms with Crippen molar-refractivity contribution in [3.05, 3.63) is 35.9 Å². The van der Waals surface area contributed by atoms with E-state index in [9.17, 15) is 5.11 Å². The third-order valence-electron chi connectivity index (χ3n) is 4.59. The largest absolute Gasteiger partial charge is 0.393 e. The Morgan fingerprint density at radius 1 is 1.32 bits per heavy atom. The number of nitrogens with zero attached hydrogens (tertiary/aromatic N) is 1. The Hall–Kier alpha value is -0.900. The van der Waals surface area contributed by atoms with E-state index >= 15 is 0 Å². The normalized spacial score (nSPS) is 32.6. The number of nitrogens with one attached hydrogen (secondary N) is 1. The van der Waals surface area contributed by atoms with Gasteiger partial charge < -0.3 is 10.4 Å². The number of hydrogen-bond acceptors (Lipinski definition) is 3. The van der Waals surface area contributed by atoms with Crippen LogP contribution in [0.5, 0.6) is 0 Å². The second-order valence-electron chi connectivity index (χ2n) is 6.27. The molecule has 104 valence electrons. The molecule has 2 aliphatic rings. The second kappa shape index (κ2) is 5.61. The molecule has 2 aliphatic heterocycles. The van der Waals surface area contributed by atoms with Crippen molar-refractivity contribution in [1.29, 1.82) is 0 Å². The average Bonchev–Trinajstić information content (AvgIpc) is 2.69. The minimum absolute atomic E-state index is 0.119. The molecule has 2 atom stereocenters.